The van der Waals surface area contributed by atoms with Gasteiger partial charge in [-0.2, -0.15) is 0 Å². The van der Waals surface area contributed by atoms with Crippen LogP contribution < -0.4 is 15.5 Å². The van der Waals surface area contributed by atoms with Gasteiger partial charge < -0.3 is 30.3 Å². The molecule has 0 radical (unpaired) electrons. The smallest absolute Gasteiger partial charge is 0.326 e. The summed E-state index contributed by atoms with van der Waals surface area (Å²) in [4.78, 5) is 34.0. The zero-order valence-electron chi connectivity index (χ0n) is 22.0. The largest absolute Gasteiger partial charge is 0.480 e. The molecule has 3 N–H and O–H groups in total. The van der Waals surface area contributed by atoms with Crippen LogP contribution in [-0.2, 0) is 22.4 Å². The van der Waals surface area contributed by atoms with Gasteiger partial charge in [0.25, 0.3) is 5.91 Å². The Hall–Kier alpha value is -3.17. The summed E-state index contributed by atoms with van der Waals surface area (Å²) in [5.41, 5.74) is 3.98. The van der Waals surface area contributed by atoms with E-state index in [-0.39, 0.29) is 5.91 Å². The number of nitrogens with one attached hydrogen (secondary N) is 2. The summed E-state index contributed by atoms with van der Waals surface area (Å²) in [5.74, 6) is 0.295. The molecular formula is C29H39N5O4. The van der Waals surface area contributed by atoms with Crippen molar-refractivity contribution in [3.63, 3.8) is 0 Å². The number of amides is 1. The van der Waals surface area contributed by atoms with Crippen LogP contribution in [0, 0.1) is 5.92 Å². The molecule has 3 aliphatic heterocycles. The first-order chi connectivity index (χ1) is 18.5. The molecule has 204 valence electrons. The number of carboxylic acid groups (broad SMARTS) is 1. The molecule has 4 heterocycles. The van der Waals surface area contributed by atoms with Crippen LogP contribution in [0.25, 0.3) is 0 Å². The number of fused-ring (bicyclic) bond motifs is 1. The van der Waals surface area contributed by atoms with E-state index in [1.807, 2.05) is 12.1 Å². The second-order valence-corrected chi connectivity index (χ2v) is 10.6. The zero-order valence-corrected chi connectivity index (χ0v) is 22.0. The van der Waals surface area contributed by atoms with Crippen molar-refractivity contribution in [1.29, 1.82) is 0 Å². The van der Waals surface area contributed by atoms with E-state index in [0.29, 0.717) is 37.7 Å². The number of morpholine rings is 1. The molecule has 3 aliphatic rings. The number of hydrogen-bond donors (Lipinski definition) is 3. The number of carboxylic acids is 1. The van der Waals surface area contributed by atoms with Crippen LogP contribution in [0.1, 0.15) is 47.3 Å². The number of ether oxygens (including phenoxy) is 1. The van der Waals surface area contributed by atoms with E-state index in [1.54, 1.807) is 12.1 Å². The van der Waals surface area contributed by atoms with Crippen LogP contribution in [-0.4, -0.2) is 85.4 Å². The standard InChI is InChI=1S/C29H39N5O4/c35-28(23-5-9-25(10-6-23)34-16-18-38-19-17-34)32-26(29(36)37)12-15-33-14-11-21(20-33)3-7-24-8-4-22-2-1-13-30-27(22)31-24/h4-6,8-10,21,26H,1-3,7,11-20H2,(H,30,31)(H,32,35)(H,36,37)/t21-,26-/m1/s1. The van der Waals surface area contributed by atoms with Crippen LogP contribution >= 0.6 is 0 Å². The van der Waals surface area contributed by atoms with Crippen molar-refractivity contribution in [2.75, 3.05) is 62.7 Å². The van der Waals surface area contributed by atoms with Crippen molar-refractivity contribution in [3.8, 4) is 0 Å². The Labute approximate surface area is 224 Å². The number of benzene rings is 1. The van der Waals surface area contributed by atoms with Gasteiger partial charge in [0.2, 0.25) is 0 Å². The van der Waals surface area contributed by atoms with Gasteiger partial charge in [-0.25, -0.2) is 9.78 Å². The van der Waals surface area contributed by atoms with Crippen LogP contribution in [0.2, 0.25) is 0 Å². The van der Waals surface area contributed by atoms with Crippen molar-refractivity contribution >= 4 is 23.4 Å². The molecule has 1 aromatic heterocycles. The summed E-state index contributed by atoms with van der Waals surface area (Å²) in [5, 5.41) is 15.9. The minimum Gasteiger partial charge on any atom is -0.480 e. The summed E-state index contributed by atoms with van der Waals surface area (Å²) < 4.78 is 5.39. The predicted octanol–water partition coefficient (Wildman–Crippen LogP) is 2.80. The molecule has 0 spiro atoms. The number of aryl methyl sites for hydroxylation is 2. The van der Waals surface area contributed by atoms with E-state index >= 15 is 0 Å². The Morgan fingerprint density at radius 1 is 1.13 bits per heavy atom. The number of rotatable bonds is 10. The lowest BCUT2D eigenvalue weighted by Crippen LogP contribution is -2.43. The summed E-state index contributed by atoms with van der Waals surface area (Å²) >= 11 is 0. The van der Waals surface area contributed by atoms with Gasteiger partial charge in [-0.1, -0.05) is 6.07 Å². The molecule has 0 unspecified atom stereocenters. The minimum absolute atomic E-state index is 0.350. The molecule has 0 bridgehead atoms. The highest BCUT2D eigenvalue weighted by Crippen LogP contribution is 2.24. The second-order valence-electron chi connectivity index (χ2n) is 10.6. The van der Waals surface area contributed by atoms with Gasteiger partial charge in [-0.05, 0) is 86.9 Å². The maximum atomic E-state index is 12.8. The first-order valence-corrected chi connectivity index (χ1v) is 14.0. The fourth-order valence-corrected chi connectivity index (χ4v) is 5.67. The van der Waals surface area contributed by atoms with Crippen molar-refractivity contribution in [2.45, 2.75) is 44.6 Å². The Balaban J connectivity index is 1.06. The molecule has 9 nitrogen and oxygen atoms in total. The molecule has 2 atom stereocenters. The lowest BCUT2D eigenvalue weighted by Gasteiger charge is -2.28. The third-order valence-electron chi connectivity index (χ3n) is 7.97. The average molecular weight is 522 g/mol. The number of aromatic nitrogens is 1. The van der Waals surface area contributed by atoms with Gasteiger partial charge in [0, 0.05) is 49.7 Å². The normalized spacial score (nSPS) is 20.4. The van der Waals surface area contributed by atoms with E-state index in [0.717, 1.165) is 75.6 Å². The van der Waals surface area contributed by atoms with Crippen LogP contribution in [0.5, 0.6) is 0 Å². The Kier molecular flexibility index (Phi) is 8.75. The topological polar surface area (TPSA) is 107 Å². The van der Waals surface area contributed by atoms with E-state index in [4.69, 9.17) is 9.72 Å². The van der Waals surface area contributed by atoms with Crippen LogP contribution in [0.4, 0.5) is 11.5 Å². The van der Waals surface area contributed by atoms with Gasteiger partial charge in [0.05, 0.1) is 13.2 Å². The van der Waals surface area contributed by atoms with E-state index in [2.05, 4.69) is 32.6 Å². The highest BCUT2D eigenvalue weighted by Gasteiger charge is 2.26. The zero-order chi connectivity index (χ0) is 26.3. The number of carbonyl (C=O) groups excluding carboxylic acids is 1. The molecule has 38 heavy (non-hydrogen) atoms. The molecule has 1 aromatic carbocycles. The van der Waals surface area contributed by atoms with Crippen LogP contribution in [0.15, 0.2) is 36.4 Å². The van der Waals surface area contributed by atoms with Crippen molar-refractivity contribution in [2.24, 2.45) is 5.92 Å². The number of anilines is 2. The van der Waals surface area contributed by atoms with Gasteiger partial charge in [0.1, 0.15) is 11.9 Å². The van der Waals surface area contributed by atoms with E-state index in [1.165, 1.54) is 12.0 Å². The number of hydrogen-bond acceptors (Lipinski definition) is 7. The fraction of sp³-hybridized carbons (Fsp3) is 0.552. The lowest BCUT2D eigenvalue weighted by molar-refractivity contribution is -0.139. The van der Waals surface area contributed by atoms with Gasteiger partial charge in [-0.3, -0.25) is 4.79 Å². The number of carbonyl (C=O) groups is 2. The lowest BCUT2D eigenvalue weighted by atomic mass is 10.00. The Bertz CT molecular complexity index is 1100. The van der Waals surface area contributed by atoms with Gasteiger partial charge in [0.15, 0.2) is 0 Å². The molecule has 9 heteroatoms. The first-order valence-electron chi connectivity index (χ1n) is 14.0. The number of aliphatic carboxylic acids is 1. The Morgan fingerprint density at radius 3 is 2.74 bits per heavy atom. The summed E-state index contributed by atoms with van der Waals surface area (Å²) in [6.45, 7) is 6.64. The number of nitrogens with zero attached hydrogens (tertiary/aromatic N) is 3. The maximum absolute atomic E-state index is 12.8. The molecule has 2 saturated heterocycles. The molecular weight excluding hydrogens is 482 g/mol. The first kappa shape index (κ1) is 26.4. The number of likely N-dealkylation sites (tertiary alicyclic amines) is 1. The SMILES string of the molecule is O=C(N[C@H](CCN1CC[C@@H](CCc2ccc3c(n2)NCCC3)C1)C(=O)O)c1ccc(N2CCOCC2)cc1. The van der Waals surface area contributed by atoms with E-state index in [9.17, 15) is 14.7 Å². The van der Waals surface area contributed by atoms with Gasteiger partial charge in [-0.15, -0.1) is 0 Å². The third kappa shape index (κ3) is 6.82. The fourth-order valence-electron chi connectivity index (χ4n) is 5.67. The molecule has 0 aliphatic carbocycles. The van der Waals surface area contributed by atoms with Crippen molar-refractivity contribution < 1.29 is 19.4 Å². The summed E-state index contributed by atoms with van der Waals surface area (Å²) in [6, 6.07) is 10.8. The summed E-state index contributed by atoms with van der Waals surface area (Å²) in [6.07, 6.45) is 5.82. The summed E-state index contributed by atoms with van der Waals surface area (Å²) in [7, 11) is 0. The van der Waals surface area contributed by atoms with Crippen LogP contribution in [0.3, 0.4) is 0 Å². The average Bonchev–Trinajstić information content (AvgIpc) is 3.42. The predicted molar refractivity (Wildman–Crippen MR) is 147 cm³/mol. The maximum Gasteiger partial charge on any atom is 0.326 e. The highest BCUT2D eigenvalue weighted by molar-refractivity contribution is 5.96. The molecule has 0 saturated carbocycles. The number of pyridine rings is 1. The Morgan fingerprint density at radius 2 is 1.95 bits per heavy atom. The third-order valence-corrected chi connectivity index (χ3v) is 7.97. The highest BCUT2D eigenvalue weighted by atomic mass is 16.5. The quantitative estimate of drug-likeness (QED) is 0.438. The minimum atomic E-state index is -0.994. The molecule has 2 fully saturated rings. The van der Waals surface area contributed by atoms with Crippen molar-refractivity contribution in [3.05, 3.63) is 53.2 Å². The van der Waals surface area contributed by atoms with Gasteiger partial charge >= 0.3 is 5.97 Å². The van der Waals surface area contributed by atoms with E-state index < -0.39 is 12.0 Å². The molecule has 2 aromatic rings. The monoisotopic (exact) mass is 521 g/mol. The molecule has 5 rings (SSSR count). The van der Waals surface area contributed by atoms with Crippen molar-refractivity contribution in [1.82, 2.24) is 15.2 Å². The molecule has 1 amide bonds. The second kappa shape index (κ2) is 12.6.